The van der Waals surface area contributed by atoms with E-state index in [4.69, 9.17) is 0 Å². The van der Waals surface area contributed by atoms with Gasteiger partial charge in [-0.1, -0.05) is 0 Å². The number of rotatable bonds is 1. The summed E-state index contributed by atoms with van der Waals surface area (Å²) in [6.07, 6.45) is 3.28. The van der Waals surface area contributed by atoms with Gasteiger partial charge in [0, 0.05) is 6.20 Å². The van der Waals surface area contributed by atoms with Crippen LogP contribution in [-0.2, 0) is 4.74 Å². The highest BCUT2D eigenvalue weighted by atomic mass is 16.5. The first-order valence-electron chi connectivity index (χ1n) is 3.69. The fourth-order valence-corrected chi connectivity index (χ4v) is 1.06. The summed E-state index contributed by atoms with van der Waals surface area (Å²) in [5.74, 6) is -0.370. The second-order valence-corrected chi connectivity index (χ2v) is 2.50. The predicted octanol–water partition coefficient (Wildman–Crippen LogP) is 0.516. The molecule has 13 heavy (non-hydrogen) atoms. The van der Waals surface area contributed by atoms with Crippen molar-refractivity contribution in [2.75, 3.05) is 7.11 Å². The minimum absolute atomic E-state index is 0.370. The van der Waals surface area contributed by atoms with Crippen LogP contribution in [0.5, 0.6) is 0 Å². The first-order chi connectivity index (χ1) is 6.31. The molecule has 0 aliphatic heterocycles. The Bertz CT molecular complexity index is 449. The molecule has 0 fully saturated rings. The SMILES string of the molecule is COC(=O)c1ccn2cnnc2c1. The van der Waals surface area contributed by atoms with Crippen LogP contribution in [0.25, 0.3) is 5.65 Å². The van der Waals surface area contributed by atoms with Crippen molar-refractivity contribution in [3.05, 3.63) is 30.2 Å². The second-order valence-electron chi connectivity index (χ2n) is 2.50. The van der Waals surface area contributed by atoms with Crippen molar-refractivity contribution < 1.29 is 9.53 Å². The van der Waals surface area contributed by atoms with Crippen molar-refractivity contribution in [1.29, 1.82) is 0 Å². The maximum absolute atomic E-state index is 11.1. The molecule has 2 aromatic heterocycles. The minimum atomic E-state index is -0.370. The molecule has 0 radical (unpaired) electrons. The van der Waals surface area contributed by atoms with Crippen molar-refractivity contribution in [2.24, 2.45) is 0 Å². The zero-order valence-electron chi connectivity index (χ0n) is 6.97. The Balaban J connectivity index is 2.54. The zero-order chi connectivity index (χ0) is 9.26. The first kappa shape index (κ1) is 7.72. The van der Waals surface area contributed by atoms with Crippen LogP contribution in [0.15, 0.2) is 24.7 Å². The van der Waals surface area contributed by atoms with E-state index in [1.165, 1.54) is 7.11 Å². The third-order valence-electron chi connectivity index (χ3n) is 1.72. The van der Waals surface area contributed by atoms with Gasteiger partial charge in [-0.2, -0.15) is 0 Å². The number of carbonyl (C=O) groups is 1. The van der Waals surface area contributed by atoms with E-state index in [9.17, 15) is 4.79 Å². The largest absolute Gasteiger partial charge is 0.465 e. The van der Waals surface area contributed by atoms with Crippen molar-refractivity contribution in [2.45, 2.75) is 0 Å². The van der Waals surface area contributed by atoms with E-state index >= 15 is 0 Å². The summed E-state index contributed by atoms with van der Waals surface area (Å²) in [7, 11) is 1.34. The van der Waals surface area contributed by atoms with Crippen LogP contribution in [0.1, 0.15) is 10.4 Å². The second kappa shape index (κ2) is 2.85. The lowest BCUT2D eigenvalue weighted by Gasteiger charge is -1.98. The first-order valence-corrected chi connectivity index (χ1v) is 3.69. The average Bonchev–Trinajstić information content (AvgIpc) is 2.63. The summed E-state index contributed by atoms with van der Waals surface area (Å²) < 4.78 is 6.28. The molecule has 5 nitrogen and oxygen atoms in total. The Hall–Kier alpha value is -1.91. The van der Waals surface area contributed by atoms with Crippen LogP contribution >= 0.6 is 0 Å². The molecule has 5 heteroatoms. The molecule has 0 bridgehead atoms. The number of hydrogen-bond donors (Lipinski definition) is 0. The number of esters is 1. The van der Waals surface area contributed by atoms with Gasteiger partial charge in [-0.3, -0.25) is 4.40 Å². The molecule has 0 spiro atoms. The van der Waals surface area contributed by atoms with Gasteiger partial charge in [0.2, 0.25) is 0 Å². The zero-order valence-corrected chi connectivity index (χ0v) is 6.97. The van der Waals surface area contributed by atoms with Crippen LogP contribution in [0, 0.1) is 0 Å². The van der Waals surface area contributed by atoms with E-state index < -0.39 is 0 Å². The van der Waals surface area contributed by atoms with E-state index in [1.807, 2.05) is 0 Å². The van der Waals surface area contributed by atoms with E-state index in [0.717, 1.165) is 0 Å². The molecule has 0 saturated carbocycles. The molecule has 0 amide bonds. The van der Waals surface area contributed by atoms with E-state index in [-0.39, 0.29) is 5.97 Å². The Morgan fingerprint density at radius 2 is 2.46 bits per heavy atom. The number of carbonyl (C=O) groups excluding carboxylic acids is 1. The fourth-order valence-electron chi connectivity index (χ4n) is 1.06. The molecule has 0 aliphatic carbocycles. The smallest absolute Gasteiger partial charge is 0.338 e. The Labute approximate surface area is 74.0 Å². The molecular weight excluding hydrogens is 170 g/mol. The Morgan fingerprint density at radius 1 is 1.62 bits per heavy atom. The molecule has 0 aromatic carbocycles. The molecule has 0 saturated heterocycles. The quantitative estimate of drug-likeness (QED) is 0.596. The van der Waals surface area contributed by atoms with Crippen LogP contribution in [0.4, 0.5) is 0 Å². The Morgan fingerprint density at radius 3 is 3.23 bits per heavy atom. The number of nitrogens with zero attached hydrogens (tertiary/aromatic N) is 3. The van der Waals surface area contributed by atoms with Crippen LogP contribution < -0.4 is 0 Å². The highest BCUT2D eigenvalue weighted by Gasteiger charge is 2.05. The van der Waals surface area contributed by atoms with Gasteiger partial charge in [0.15, 0.2) is 5.65 Å². The Kier molecular flexibility index (Phi) is 1.70. The van der Waals surface area contributed by atoms with Crippen LogP contribution in [-0.4, -0.2) is 27.7 Å². The normalized spacial score (nSPS) is 10.2. The fraction of sp³-hybridized carbons (Fsp3) is 0.125. The van der Waals surface area contributed by atoms with Gasteiger partial charge in [0.1, 0.15) is 6.33 Å². The number of hydrogen-bond acceptors (Lipinski definition) is 4. The standard InChI is InChI=1S/C8H7N3O2/c1-13-8(12)6-2-3-11-5-9-10-7(11)4-6/h2-5H,1H3. The van der Waals surface area contributed by atoms with Gasteiger partial charge in [-0.15, -0.1) is 10.2 Å². The molecule has 2 rings (SSSR count). The summed E-state index contributed by atoms with van der Waals surface area (Å²) in [5.41, 5.74) is 1.10. The number of aromatic nitrogens is 3. The van der Waals surface area contributed by atoms with Crippen LogP contribution in [0.3, 0.4) is 0 Å². The van der Waals surface area contributed by atoms with Gasteiger partial charge >= 0.3 is 5.97 Å². The van der Waals surface area contributed by atoms with Gasteiger partial charge in [0.25, 0.3) is 0 Å². The summed E-state index contributed by atoms with van der Waals surface area (Å²) >= 11 is 0. The van der Waals surface area contributed by atoms with Gasteiger partial charge in [-0.25, -0.2) is 4.79 Å². The third-order valence-corrected chi connectivity index (χ3v) is 1.72. The lowest BCUT2D eigenvalue weighted by Crippen LogP contribution is -2.01. The van der Waals surface area contributed by atoms with Crippen molar-refractivity contribution in [1.82, 2.24) is 14.6 Å². The summed E-state index contributed by atoms with van der Waals surface area (Å²) in [6, 6.07) is 3.28. The lowest BCUT2D eigenvalue weighted by molar-refractivity contribution is 0.0600. The monoisotopic (exact) mass is 177 g/mol. The molecule has 2 aromatic rings. The summed E-state index contributed by atoms with van der Waals surface area (Å²) in [6.45, 7) is 0. The summed E-state index contributed by atoms with van der Waals surface area (Å²) in [5, 5.41) is 7.49. The average molecular weight is 177 g/mol. The molecule has 0 N–H and O–H groups in total. The maximum Gasteiger partial charge on any atom is 0.338 e. The maximum atomic E-state index is 11.1. The van der Waals surface area contributed by atoms with E-state index in [1.54, 1.807) is 29.1 Å². The third kappa shape index (κ3) is 1.24. The topological polar surface area (TPSA) is 56.5 Å². The van der Waals surface area contributed by atoms with Crippen LogP contribution in [0.2, 0.25) is 0 Å². The molecule has 0 unspecified atom stereocenters. The van der Waals surface area contributed by atoms with Crippen molar-refractivity contribution in [3.8, 4) is 0 Å². The van der Waals surface area contributed by atoms with Gasteiger partial charge in [-0.05, 0) is 12.1 Å². The number of fused-ring (bicyclic) bond motifs is 1. The molecule has 2 heterocycles. The lowest BCUT2D eigenvalue weighted by atomic mass is 10.3. The van der Waals surface area contributed by atoms with E-state index in [2.05, 4.69) is 14.9 Å². The predicted molar refractivity (Wildman–Crippen MR) is 44.3 cm³/mol. The van der Waals surface area contributed by atoms with Crippen molar-refractivity contribution >= 4 is 11.6 Å². The molecular formula is C8H7N3O2. The minimum Gasteiger partial charge on any atom is -0.465 e. The summed E-state index contributed by atoms with van der Waals surface area (Å²) in [4.78, 5) is 11.1. The number of methoxy groups -OCH3 is 1. The van der Waals surface area contributed by atoms with Gasteiger partial charge < -0.3 is 4.74 Å². The number of pyridine rings is 1. The van der Waals surface area contributed by atoms with Gasteiger partial charge in [0.05, 0.1) is 12.7 Å². The molecule has 0 atom stereocenters. The highest BCUT2D eigenvalue weighted by molar-refractivity contribution is 5.90. The number of ether oxygens (including phenoxy) is 1. The molecule has 0 aliphatic rings. The highest BCUT2D eigenvalue weighted by Crippen LogP contribution is 2.04. The van der Waals surface area contributed by atoms with Crippen molar-refractivity contribution in [3.63, 3.8) is 0 Å². The van der Waals surface area contributed by atoms with E-state index in [0.29, 0.717) is 11.2 Å². The molecule has 66 valence electrons.